The van der Waals surface area contributed by atoms with Gasteiger partial charge in [0.1, 0.15) is 11.6 Å². The summed E-state index contributed by atoms with van der Waals surface area (Å²) in [5, 5.41) is 26.4. The fraction of sp³-hybridized carbons (Fsp3) is 0.341. The average molecular weight is 749 g/mol. The van der Waals surface area contributed by atoms with Crippen LogP contribution in [-0.4, -0.2) is 63.4 Å². The van der Waals surface area contributed by atoms with Crippen molar-refractivity contribution in [1.29, 1.82) is 0 Å². The third-order valence-electron chi connectivity index (χ3n) is 11.4. The number of carbonyl (C=O) groups excluding carboxylic acids is 1. The molecule has 9 nitrogen and oxygen atoms in total. The highest BCUT2D eigenvalue weighted by molar-refractivity contribution is 5.93. The van der Waals surface area contributed by atoms with Crippen molar-refractivity contribution in [2.75, 3.05) is 18.8 Å². The van der Waals surface area contributed by atoms with Gasteiger partial charge in [-0.05, 0) is 90.1 Å². The Balaban J connectivity index is 0.000000178. The molecular formula is C44H46F2N4O5. The Morgan fingerprint density at radius 2 is 1.69 bits per heavy atom. The van der Waals surface area contributed by atoms with E-state index >= 15 is 0 Å². The van der Waals surface area contributed by atoms with Crippen molar-refractivity contribution < 1.29 is 33.1 Å². The number of aryl methyl sites for hydroxylation is 2. The molecule has 11 heteroatoms. The van der Waals surface area contributed by atoms with Crippen molar-refractivity contribution in [2.45, 2.75) is 76.5 Å². The highest BCUT2D eigenvalue weighted by Crippen LogP contribution is 2.42. The Morgan fingerprint density at radius 1 is 0.927 bits per heavy atom. The summed E-state index contributed by atoms with van der Waals surface area (Å²) in [6.45, 7) is 2.98. The highest BCUT2D eigenvalue weighted by atomic mass is 19.1. The fourth-order valence-corrected chi connectivity index (χ4v) is 8.39. The molecule has 4 atom stereocenters. The number of aliphatic hydroxyl groups excluding tert-OH is 1. The third kappa shape index (κ3) is 8.33. The molecule has 55 heavy (non-hydrogen) atoms. The first-order valence-corrected chi connectivity index (χ1v) is 19.0. The maximum atomic E-state index is 14.0. The molecule has 1 aromatic heterocycles. The van der Waals surface area contributed by atoms with Crippen LogP contribution >= 0.6 is 0 Å². The summed E-state index contributed by atoms with van der Waals surface area (Å²) in [6.07, 6.45) is 6.45. The van der Waals surface area contributed by atoms with Gasteiger partial charge in [-0.3, -0.25) is 14.5 Å². The number of nitrogen functional groups attached to an aromatic ring is 1. The second kappa shape index (κ2) is 16.5. The number of nitrogens with two attached hydrogens (primary N) is 1. The lowest BCUT2D eigenvalue weighted by molar-refractivity contribution is -0.145. The largest absolute Gasteiger partial charge is 0.481 e. The van der Waals surface area contributed by atoms with E-state index in [0.717, 1.165) is 50.3 Å². The summed E-state index contributed by atoms with van der Waals surface area (Å²) in [5.41, 5.74) is 16.8. The van der Waals surface area contributed by atoms with E-state index in [-0.39, 0.29) is 29.6 Å². The highest BCUT2D eigenvalue weighted by Gasteiger charge is 2.40. The molecule has 286 valence electrons. The number of aromatic nitrogens is 1. The standard InChI is InChI=1S/C22H25F2N3O5.C22H21N/c23-12-5-6-13(15(24)9-12)20-10-17(26-32-20)21(29)25-16-7-8-27(11-14(16)22(30)31)18-3-1-2-4-19(18)28;1-15-13-20-19-10-6-5-9-17(19)14-21(20)22(23)18(15)12-11-16-7-3-2-4-8-16/h5-6,9-10,14,16,18-19,28H,1-4,7-8,11H2,(H,25,29)(H,30,31);2-10,13H,11-12,14,23H2,1H3/t14-,16-,18+,19+;/m1./s1. The molecule has 0 spiro atoms. The molecule has 1 aliphatic heterocycles. The first-order chi connectivity index (χ1) is 26.6. The summed E-state index contributed by atoms with van der Waals surface area (Å²) in [6, 6.07) is 25.1. The number of hydrogen-bond acceptors (Lipinski definition) is 7. The van der Waals surface area contributed by atoms with Gasteiger partial charge in [0.2, 0.25) is 0 Å². The number of benzene rings is 4. The zero-order chi connectivity index (χ0) is 38.6. The number of amides is 1. The van der Waals surface area contributed by atoms with Crippen molar-refractivity contribution in [3.05, 3.63) is 130 Å². The number of carbonyl (C=O) groups is 2. The topological polar surface area (TPSA) is 142 Å². The molecular weight excluding hydrogens is 703 g/mol. The molecule has 5 N–H and O–H groups in total. The van der Waals surface area contributed by atoms with Crippen LogP contribution in [0.2, 0.25) is 0 Å². The molecule has 1 saturated carbocycles. The zero-order valence-electron chi connectivity index (χ0n) is 30.8. The van der Waals surface area contributed by atoms with Gasteiger partial charge >= 0.3 is 5.97 Å². The lowest BCUT2D eigenvalue weighted by Crippen LogP contribution is -2.58. The number of fused-ring (bicyclic) bond motifs is 3. The molecule has 2 heterocycles. The van der Waals surface area contributed by atoms with Crippen molar-refractivity contribution in [2.24, 2.45) is 5.92 Å². The number of hydrogen-bond donors (Lipinski definition) is 4. The number of likely N-dealkylation sites (tertiary alicyclic amines) is 1. The Hall–Kier alpha value is -5.39. The van der Waals surface area contributed by atoms with Crippen LogP contribution < -0.4 is 11.1 Å². The van der Waals surface area contributed by atoms with Crippen LogP contribution in [-0.2, 0) is 24.1 Å². The number of nitrogens with zero attached hydrogens (tertiary/aromatic N) is 2. The maximum Gasteiger partial charge on any atom is 0.309 e. The van der Waals surface area contributed by atoms with Crippen LogP contribution in [0.3, 0.4) is 0 Å². The van der Waals surface area contributed by atoms with Crippen molar-refractivity contribution >= 4 is 17.6 Å². The van der Waals surface area contributed by atoms with E-state index in [2.05, 4.69) is 78.1 Å². The quantitative estimate of drug-likeness (QED) is 0.118. The SMILES string of the molecule is Cc1cc2c(c(N)c1CCc1ccccc1)Cc1ccccc1-2.O=C(N[C@@H]1CCN([C@H]2CCCC[C@@H]2O)C[C@H]1C(=O)O)c1cc(-c2ccc(F)cc2F)on1. The summed E-state index contributed by atoms with van der Waals surface area (Å²) < 4.78 is 32.1. The minimum absolute atomic E-state index is 0.0384. The first kappa shape index (κ1) is 37.9. The molecule has 8 rings (SSSR count). The Bertz CT molecular complexity index is 2170. The van der Waals surface area contributed by atoms with E-state index in [9.17, 15) is 28.6 Å². The van der Waals surface area contributed by atoms with Gasteiger partial charge in [-0.1, -0.05) is 78.7 Å². The van der Waals surface area contributed by atoms with Crippen LogP contribution in [0.15, 0.2) is 89.5 Å². The van der Waals surface area contributed by atoms with E-state index in [1.54, 1.807) is 0 Å². The van der Waals surface area contributed by atoms with E-state index in [1.165, 1.54) is 51.1 Å². The van der Waals surface area contributed by atoms with E-state index in [0.29, 0.717) is 25.5 Å². The van der Waals surface area contributed by atoms with Gasteiger partial charge < -0.3 is 25.8 Å². The van der Waals surface area contributed by atoms with E-state index < -0.39 is 41.6 Å². The minimum atomic E-state index is -1.03. The average Bonchev–Trinajstić information content (AvgIpc) is 3.82. The first-order valence-electron chi connectivity index (χ1n) is 19.0. The number of rotatable bonds is 8. The lowest BCUT2D eigenvalue weighted by Gasteiger charge is -2.43. The predicted octanol–water partition coefficient (Wildman–Crippen LogP) is 7.36. The van der Waals surface area contributed by atoms with Gasteiger partial charge in [0.05, 0.1) is 17.6 Å². The number of carboxylic acids is 1. The van der Waals surface area contributed by atoms with Gasteiger partial charge in [-0.2, -0.15) is 0 Å². The van der Waals surface area contributed by atoms with Gasteiger partial charge in [0.25, 0.3) is 5.91 Å². The summed E-state index contributed by atoms with van der Waals surface area (Å²) in [5.74, 6) is -4.14. The maximum absolute atomic E-state index is 14.0. The molecule has 0 unspecified atom stereocenters. The van der Waals surface area contributed by atoms with Crippen LogP contribution in [0.5, 0.6) is 0 Å². The minimum Gasteiger partial charge on any atom is -0.481 e. The number of halogens is 2. The number of nitrogens with one attached hydrogen (secondary N) is 1. The molecule has 1 amide bonds. The molecule has 3 aliphatic rings. The fourth-order valence-electron chi connectivity index (χ4n) is 8.39. The molecule has 1 saturated heterocycles. The number of piperidine rings is 1. The zero-order valence-corrected chi connectivity index (χ0v) is 30.8. The van der Waals surface area contributed by atoms with Crippen LogP contribution in [0.4, 0.5) is 14.5 Å². The van der Waals surface area contributed by atoms with E-state index in [1.807, 2.05) is 4.90 Å². The number of aliphatic hydroxyl groups is 1. The predicted molar refractivity (Wildman–Crippen MR) is 206 cm³/mol. The Labute approximate surface area is 319 Å². The Morgan fingerprint density at radius 3 is 2.45 bits per heavy atom. The normalized spacial score (nSPS) is 20.5. The molecule has 0 radical (unpaired) electrons. The van der Waals surface area contributed by atoms with Crippen molar-refractivity contribution in [1.82, 2.24) is 15.4 Å². The van der Waals surface area contributed by atoms with Crippen LogP contribution in [0.25, 0.3) is 22.5 Å². The molecule has 5 aromatic rings. The molecule has 0 bridgehead atoms. The van der Waals surface area contributed by atoms with Gasteiger partial charge in [-0.25, -0.2) is 8.78 Å². The van der Waals surface area contributed by atoms with Gasteiger partial charge in [0.15, 0.2) is 11.5 Å². The van der Waals surface area contributed by atoms with Crippen molar-refractivity contribution in [3.63, 3.8) is 0 Å². The summed E-state index contributed by atoms with van der Waals surface area (Å²) >= 11 is 0. The molecule has 4 aromatic carbocycles. The Kier molecular flexibility index (Phi) is 11.4. The number of aliphatic carboxylic acids is 1. The third-order valence-corrected chi connectivity index (χ3v) is 11.4. The van der Waals surface area contributed by atoms with Crippen LogP contribution in [0, 0.1) is 24.5 Å². The van der Waals surface area contributed by atoms with Crippen LogP contribution in [0.1, 0.15) is 70.4 Å². The second-order valence-electron chi connectivity index (χ2n) is 14.9. The summed E-state index contributed by atoms with van der Waals surface area (Å²) in [4.78, 5) is 26.6. The second-order valence-corrected chi connectivity index (χ2v) is 14.9. The lowest BCUT2D eigenvalue weighted by atomic mass is 9.86. The molecule has 2 fully saturated rings. The van der Waals surface area contributed by atoms with E-state index in [4.69, 9.17) is 10.3 Å². The monoisotopic (exact) mass is 748 g/mol. The number of anilines is 1. The summed E-state index contributed by atoms with van der Waals surface area (Å²) in [7, 11) is 0. The smallest absolute Gasteiger partial charge is 0.309 e. The molecule has 2 aliphatic carbocycles. The van der Waals surface area contributed by atoms with Gasteiger partial charge in [-0.15, -0.1) is 0 Å². The van der Waals surface area contributed by atoms with Crippen molar-refractivity contribution in [3.8, 4) is 22.5 Å². The van der Waals surface area contributed by atoms with Gasteiger partial charge in [0, 0.05) is 49.4 Å². The number of carboxylic acid groups (broad SMARTS) is 1.